The molecule has 0 spiro atoms. The molecule has 0 aliphatic rings. The van der Waals surface area contributed by atoms with Crippen LogP contribution in [0.2, 0.25) is 0 Å². The maximum atomic E-state index is 12.5. The number of allylic oxidation sites excluding steroid dienone is 1. The summed E-state index contributed by atoms with van der Waals surface area (Å²) in [6.45, 7) is 4.35. The summed E-state index contributed by atoms with van der Waals surface area (Å²) in [4.78, 5) is 12.5. The van der Waals surface area contributed by atoms with E-state index in [9.17, 15) is 15.0 Å². The van der Waals surface area contributed by atoms with E-state index in [4.69, 9.17) is 0 Å². The van der Waals surface area contributed by atoms with Gasteiger partial charge in [0.1, 0.15) is 0 Å². The van der Waals surface area contributed by atoms with E-state index in [0.717, 1.165) is 25.7 Å². The van der Waals surface area contributed by atoms with Gasteiger partial charge in [0.2, 0.25) is 5.91 Å². The van der Waals surface area contributed by atoms with Gasteiger partial charge in [-0.3, -0.25) is 4.79 Å². The molecular weight excluding hydrogens is 723 g/mol. The number of rotatable bonds is 51. The number of hydrogen-bond donors (Lipinski definition) is 3. The van der Waals surface area contributed by atoms with Gasteiger partial charge in [-0.2, -0.15) is 0 Å². The molecule has 0 saturated carbocycles. The highest BCUT2D eigenvalue weighted by Gasteiger charge is 2.18. The van der Waals surface area contributed by atoms with Gasteiger partial charge in [-0.15, -0.1) is 0 Å². The molecule has 0 heterocycles. The molecule has 0 aromatic heterocycles. The Morgan fingerprint density at radius 3 is 0.881 bits per heavy atom. The Labute approximate surface area is 371 Å². The third-order valence-corrected chi connectivity index (χ3v) is 13.0. The minimum absolute atomic E-state index is 0.0559. The second kappa shape index (κ2) is 51.5. The lowest BCUT2D eigenvalue weighted by Gasteiger charge is -2.20. The zero-order valence-electron chi connectivity index (χ0n) is 40.6. The molecule has 0 aromatic carbocycles. The molecule has 0 saturated heterocycles. The van der Waals surface area contributed by atoms with E-state index in [1.54, 1.807) is 6.08 Å². The molecule has 2 unspecified atom stereocenters. The lowest BCUT2D eigenvalue weighted by atomic mass is 10.0. The first kappa shape index (κ1) is 58.1. The molecule has 0 radical (unpaired) electrons. The van der Waals surface area contributed by atoms with Crippen molar-refractivity contribution in [3.8, 4) is 0 Å². The third kappa shape index (κ3) is 48.0. The van der Waals surface area contributed by atoms with Gasteiger partial charge < -0.3 is 15.5 Å². The van der Waals surface area contributed by atoms with Crippen molar-refractivity contribution in [3.05, 3.63) is 12.2 Å². The molecule has 4 heteroatoms. The van der Waals surface area contributed by atoms with Gasteiger partial charge in [0.15, 0.2) is 0 Å². The molecular formula is C55H109NO3. The second-order valence-corrected chi connectivity index (χ2v) is 19.0. The first-order valence-corrected chi connectivity index (χ1v) is 27.4. The molecule has 0 aliphatic heterocycles. The van der Waals surface area contributed by atoms with Crippen molar-refractivity contribution < 1.29 is 15.0 Å². The van der Waals surface area contributed by atoms with Gasteiger partial charge in [-0.05, 0) is 19.3 Å². The molecule has 0 aromatic rings. The van der Waals surface area contributed by atoms with E-state index in [2.05, 4.69) is 19.2 Å². The lowest BCUT2D eigenvalue weighted by molar-refractivity contribution is -0.123. The Kier molecular flexibility index (Phi) is 50.7. The van der Waals surface area contributed by atoms with Gasteiger partial charge in [0.25, 0.3) is 0 Å². The molecule has 1 amide bonds. The predicted molar refractivity (Wildman–Crippen MR) is 263 cm³/mol. The summed E-state index contributed by atoms with van der Waals surface area (Å²) >= 11 is 0. The van der Waals surface area contributed by atoms with Crippen molar-refractivity contribution in [3.63, 3.8) is 0 Å². The summed E-state index contributed by atoms with van der Waals surface area (Å²) in [7, 11) is 0. The fourth-order valence-corrected chi connectivity index (χ4v) is 8.83. The molecule has 59 heavy (non-hydrogen) atoms. The number of carbonyl (C=O) groups is 1. The molecule has 0 rings (SSSR count). The molecule has 4 nitrogen and oxygen atoms in total. The molecule has 0 bridgehead atoms. The number of hydrogen-bond acceptors (Lipinski definition) is 3. The summed E-state index contributed by atoms with van der Waals surface area (Å²) in [5.74, 6) is -0.0559. The maximum Gasteiger partial charge on any atom is 0.220 e. The number of unbranched alkanes of at least 4 members (excludes halogenated alkanes) is 44. The first-order chi connectivity index (χ1) is 29.2. The van der Waals surface area contributed by atoms with Crippen molar-refractivity contribution in [2.45, 2.75) is 328 Å². The van der Waals surface area contributed by atoms with Crippen molar-refractivity contribution in [2.75, 3.05) is 6.61 Å². The van der Waals surface area contributed by atoms with E-state index in [-0.39, 0.29) is 12.5 Å². The fraction of sp³-hybridized carbons (Fsp3) is 0.945. The average Bonchev–Trinajstić information content (AvgIpc) is 3.24. The number of carbonyl (C=O) groups excluding carboxylic acids is 1. The number of nitrogens with one attached hydrogen (secondary N) is 1. The van der Waals surface area contributed by atoms with Crippen LogP contribution in [0, 0.1) is 0 Å². The van der Waals surface area contributed by atoms with Crippen LogP contribution in [0.15, 0.2) is 12.2 Å². The van der Waals surface area contributed by atoms with Crippen LogP contribution in [-0.4, -0.2) is 34.9 Å². The van der Waals surface area contributed by atoms with E-state index < -0.39 is 12.1 Å². The standard InChI is InChI=1S/C55H109NO3/c1-3-5-7-9-11-13-15-17-19-21-23-25-27-29-31-33-35-37-39-41-43-45-47-49-51-55(59)56-53(52-57)54(58)50-48-46-44-42-40-38-36-34-32-30-28-26-24-22-20-18-16-14-12-10-8-6-4-2/h48,50,53-54,57-58H,3-47,49,51-52H2,1-2H3,(H,56,59)/b50-48+. The Morgan fingerprint density at radius 1 is 0.390 bits per heavy atom. The zero-order chi connectivity index (χ0) is 42.8. The van der Waals surface area contributed by atoms with Crippen molar-refractivity contribution in [1.29, 1.82) is 0 Å². The summed E-state index contributed by atoms with van der Waals surface area (Å²) in [6.07, 6.45) is 66.5. The summed E-state index contributed by atoms with van der Waals surface area (Å²) < 4.78 is 0. The Balaban J connectivity index is 3.46. The van der Waals surface area contributed by atoms with Gasteiger partial charge in [0, 0.05) is 6.42 Å². The topological polar surface area (TPSA) is 69.6 Å². The second-order valence-electron chi connectivity index (χ2n) is 19.0. The van der Waals surface area contributed by atoms with E-state index >= 15 is 0 Å². The monoisotopic (exact) mass is 832 g/mol. The van der Waals surface area contributed by atoms with Gasteiger partial charge >= 0.3 is 0 Å². The smallest absolute Gasteiger partial charge is 0.220 e. The van der Waals surface area contributed by atoms with Crippen LogP contribution < -0.4 is 5.32 Å². The van der Waals surface area contributed by atoms with Crippen molar-refractivity contribution in [2.24, 2.45) is 0 Å². The Morgan fingerprint density at radius 2 is 0.627 bits per heavy atom. The summed E-state index contributed by atoms with van der Waals surface area (Å²) in [6, 6.07) is -0.618. The largest absolute Gasteiger partial charge is 0.394 e. The third-order valence-electron chi connectivity index (χ3n) is 13.0. The summed E-state index contributed by atoms with van der Waals surface area (Å²) in [5, 5.41) is 23.2. The first-order valence-electron chi connectivity index (χ1n) is 27.4. The Bertz CT molecular complexity index is 814. The SMILES string of the molecule is CCCCCCCCCCCCCCCCCCCCCCC/C=C/C(O)C(CO)NC(=O)CCCCCCCCCCCCCCCCCCCCCCCCCC. The quantitative estimate of drug-likeness (QED) is 0.0422. The van der Waals surface area contributed by atoms with E-state index in [1.165, 1.54) is 270 Å². The highest BCUT2D eigenvalue weighted by Crippen LogP contribution is 2.18. The lowest BCUT2D eigenvalue weighted by Crippen LogP contribution is -2.45. The highest BCUT2D eigenvalue weighted by atomic mass is 16.3. The van der Waals surface area contributed by atoms with Crippen LogP contribution in [0.25, 0.3) is 0 Å². The van der Waals surface area contributed by atoms with Gasteiger partial charge in [-0.25, -0.2) is 0 Å². The minimum atomic E-state index is -0.835. The van der Waals surface area contributed by atoms with Crippen LogP contribution in [0.5, 0.6) is 0 Å². The van der Waals surface area contributed by atoms with Crippen LogP contribution in [0.4, 0.5) is 0 Å². The van der Waals surface area contributed by atoms with Crippen LogP contribution in [0.1, 0.15) is 316 Å². The van der Waals surface area contributed by atoms with Crippen LogP contribution in [-0.2, 0) is 4.79 Å². The molecule has 3 N–H and O–H groups in total. The predicted octanol–water partition coefficient (Wildman–Crippen LogP) is 17.8. The average molecular weight is 832 g/mol. The molecule has 0 fully saturated rings. The number of amides is 1. The van der Waals surface area contributed by atoms with Crippen LogP contribution in [0.3, 0.4) is 0 Å². The van der Waals surface area contributed by atoms with Gasteiger partial charge in [-0.1, -0.05) is 302 Å². The highest BCUT2D eigenvalue weighted by molar-refractivity contribution is 5.76. The van der Waals surface area contributed by atoms with Crippen LogP contribution >= 0.6 is 0 Å². The minimum Gasteiger partial charge on any atom is -0.394 e. The summed E-state index contributed by atoms with van der Waals surface area (Å²) in [5.41, 5.74) is 0. The number of aliphatic hydroxyl groups excluding tert-OH is 2. The zero-order valence-corrected chi connectivity index (χ0v) is 40.6. The fourth-order valence-electron chi connectivity index (χ4n) is 8.83. The number of aliphatic hydroxyl groups is 2. The Hall–Kier alpha value is -0.870. The van der Waals surface area contributed by atoms with Crippen molar-refractivity contribution in [1.82, 2.24) is 5.32 Å². The van der Waals surface area contributed by atoms with E-state index in [1.807, 2.05) is 6.08 Å². The van der Waals surface area contributed by atoms with Gasteiger partial charge in [0.05, 0.1) is 18.8 Å². The van der Waals surface area contributed by atoms with Crippen molar-refractivity contribution >= 4 is 5.91 Å². The molecule has 352 valence electrons. The maximum absolute atomic E-state index is 12.5. The van der Waals surface area contributed by atoms with E-state index in [0.29, 0.717) is 6.42 Å². The molecule has 0 aliphatic carbocycles. The normalized spacial score (nSPS) is 12.8. The molecule has 2 atom stereocenters.